The molecule has 0 aliphatic rings. The van der Waals surface area contributed by atoms with E-state index < -0.39 is 46.5 Å². The SMILES string of the molecule is CC(C)(CCC(C)(C)S(=O)(=O)NC(C)(C)C(C)(C)C)[C@@H](CO)NS(=O)(=O)C(C)(C)C. The van der Waals surface area contributed by atoms with Gasteiger partial charge in [-0.15, -0.1) is 0 Å². The maximum absolute atomic E-state index is 13.2. The maximum atomic E-state index is 13.2. The van der Waals surface area contributed by atoms with E-state index in [4.69, 9.17) is 0 Å². The van der Waals surface area contributed by atoms with E-state index in [1.54, 1.807) is 34.6 Å². The Labute approximate surface area is 185 Å². The Kier molecular flexibility index (Phi) is 8.90. The topological polar surface area (TPSA) is 113 Å². The highest BCUT2D eigenvalue weighted by atomic mass is 32.2. The molecule has 0 spiro atoms. The second kappa shape index (κ2) is 8.96. The molecule has 0 fully saturated rings. The van der Waals surface area contributed by atoms with Crippen molar-refractivity contribution in [2.75, 3.05) is 6.61 Å². The lowest BCUT2D eigenvalue weighted by molar-refractivity contribution is 0.148. The molecule has 9 heteroatoms. The van der Waals surface area contributed by atoms with Crippen LogP contribution in [0.15, 0.2) is 0 Å². The zero-order valence-electron chi connectivity index (χ0n) is 21.1. The van der Waals surface area contributed by atoms with Gasteiger partial charge < -0.3 is 5.11 Å². The van der Waals surface area contributed by atoms with E-state index in [-0.39, 0.29) is 12.0 Å². The molecule has 0 saturated heterocycles. The van der Waals surface area contributed by atoms with Gasteiger partial charge in [0, 0.05) is 11.6 Å². The molecule has 1 atom stereocenters. The first-order valence-corrected chi connectivity index (χ1v) is 13.5. The number of aliphatic hydroxyl groups is 1. The first-order chi connectivity index (χ1) is 12.8. The molecule has 0 radical (unpaired) electrons. The zero-order chi connectivity index (χ0) is 24.6. The molecule has 0 aromatic heterocycles. The predicted octanol–water partition coefficient (Wildman–Crippen LogP) is 3.39. The number of aliphatic hydroxyl groups excluding tert-OH is 1. The summed E-state index contributed by atoms with van der Waals surface area (Å²) in [5.41, 5.74) is -1.57. The number of sulfonamides is 2. The Balaban J connectivity index is 5.56. The largest absolute Gasteiger partial charge is 0.395 e. The van der Waals surface area contributed by atoms with Crippen LogP contribution in [-0.2, 0) is 20.0 Å². The molecule has 3 N–H and O–H groups in total. The van der Waals surface area contributed by atoms with E-state index in [9.17, 15) is 21.9 Å². The van der Waals surface area contributed by atoms with E-state index >= 15 is 0 Å². The summed E-state index contributed by atoms with van der Waals surface area (Å²) in [5, 5.41) is 9.86. The predicted molar refractivity (Wildman–Crippen MR) is 125 cm³/mol. The average molecular weight is 471 g/mol. The van der Waals surface area contributed by atoms with Gasteiger partial charge in [-0.2, -0.15) is 0 Å². The lowest BCUT2D eigenvalue weighted by Gasteiger charge is -2.42. The van der Waals surface area contributed by atoms with Gasteiger partial charge in [0.15, 0.2) is 0 Å². The van der Waals surface area contributed by atoms with Crippen molar-refractivity contribution in [3.8, 4) is 0 Å². The third-order valence-electron chi connectivity index (χ3n) is 6.59. The molecule has 0 rings (SSSR count). The molecule has 0 aromatic rings. The summed E-state index contributed by atoms with van der Waals surface area (Å²) in [4.78, 5) is 0. The zero-order valence-corrected chi connectivity index (χ0v) is 22.7. The highest BCUT2D eigenvalue weighted by Crippen LogP contribution is 2.36. The highest BCUT2D eigenvalue weighted by Gasteiger charge is 2.44. The number of hydrogen-bond acceptors (Lipinski definition) is 5. The van der Waals surface area contributed by atoms with Crippen LogP contribution in [0, 0.1) is 10.8 Å². The Morgan fingerprint density at radius 2 is 1.17 bits per heavy atom. The summed E-state index contributed by atoms with van der Waals surface area (Å²) in [6, 6.07) is -0.723. The summed E-state index contributed by atoms with van der Waals surface area (Å²) in [6.07, 6.45) is 0.720. The fourth-order valence-corrected chi connectivity index (χ4v) is 5.11. The lowest BCUT2D eigenvalue weighted by Crippen LogP contribution is -2.57. The van der Waals surface area contributed by atoms with Gasteiger partial charge in [-0.05, 0) is 72.1 Å². The van der Waals surface area contributed by atoms with Crippen molar-refractivity contribution < 1.29 is 21.9 Å². The van der Waals surface area contributed by atoms with E-state index in [0.29, 0.717) is 12.8 Å². The molecular formula is C21H46N2O5S2. The normalized spacial score (nSPS) is 16.6. The van der Waals surface area contributed by atoms with Crippen LogP contribution in [0.1, 0.15) is 95.9 Å². The first kappa shape index (κ1) is 29.8. The highest BCUT2D eigenvalue weighted by molar-refractivity contribution is 7.91. The quantitative estimate of drug-likeness (QED) is 0.453. The molecule has 0 bridgehead atoms. The number of hydrogen-bond donors (Lipinski definition) is 3. The van der Waals surface area contributed by atoms with E-state index in [1.807, 2.05) is 48.5 Å². The molecule has 182 valence electrons. The van der Waals surface area contributed by atoms with Crippen molar-refractivity contribution in [1.29, 1.82) is 0 Å². The van der Waals surface area contributed by atoms with E-state index in [2.05, 4.69) is 9.44 Å². The summed E-state index contributed by atoms with van der Waals surface area (Å²) in [7, 11) is -7.32. The maximum Gasteiger partial charge on any atom is 0.217 e. The van der Waals surface area contributed by atoms with Gasteiger partial charge in [0.2, 0.25) is 20.0 Å². The van der Waals surface area contributed by atoms with Crippen LogP contribution in [0.2, 0.25) is 0 Å². The minimum absolute atomic E-state index is 0.275. The molecule has 30 heavy (non-hydrogen) atoms. The Hall–Kier alpha value is -0.220. The van der Waals surface area contributed by atoms with Gasteiger partial charge in [0.05, 0.1) is 16.1 Å². The van der Waals surface area contributed by atoms with Gasteiger partial charge in [-0.1, -0.05) is 34.6 Å². The van der Waals surface area contributed by atoms with Crippen LogP contribution in [0.25, 0.3) is 0 Å². The van der Waals surface area contributed by atoms with Gasteiger partial charge in [-0.3, -0.25) is 0 Å². The van der Waals surface area contributed by atoms with Crippen molar-refractivity contribution in [2.45, 2.75) is 117 Å². The van der Waals surface area contributed by atoms with Crippen molar-refractivity contribution in [3.05, 3.63) is 0 Å². The Bertz CT molecular complexity index is 784. The van der Waals surface area contributed by atoms with Crippen molar-refractivity contribution in [1.82, 2.24) is 9.44 Å². The third kappa shape index (κ3) is 7.15. The summed E-state index contributed by atoms with van der Waals surface area (Å²) in [6.45, 7) is 21.1. The molecule has 0 amide bonds. The second-order valence-corrected chi connectivity index (χ2v) is 17.0. The third-order valence-corrected chi connectivity index (χ3v) is 11.2. The second-order valence-electron chi connectivity index (χ2n) is 12.2. The van der Waals surface area contributed by atoms with Gasteiger partial charge >= 0.3 is 0 Å². The lowest BCUT2D eigenvalue weighted by atomic mass is 9.77. The molecule has 7 nitrogen and oxygen atoms in total. The van der Waals surface area contributed by atoms with Crippen LogP contribution in [-0.4, -0.2) is 49.6 Å². The number of rotatable bonds is 10. The smallest absolute Gasteiger partial charge is 0.217 e. The van der Waals surface area contributed by atoms with Crippen LogP contribution < -0.4 is 9.44 Å². The van der Waals surface area contributed by atoms with Gasteiger partial charge in [0.25, 0.3) is 0 Å². The van der Waals surface area contributed by atoms with E-state index in [0.717, 1.165) is 0 Å². The van der Waals surface area contributed by atoms with Crippen LogP contribution in [0.4, 0.5) is 0 Å². The molecule has 0 aliphatic heterocycles. The van der Waals surface area contributed by atoms with Crippen LogP contribution in [0.5, 0.6) is 0 Å². The molecule has 0 heterocycles. The van der Waals surface area contributed by atoms with Crippen molar-refractivity contribution in [2.24, 2.45) is 10.8 Å². The standard InChI is InChI=1S/C21H46N2O5S2/c1-17(2,3)21(11,12)23-30(27,28)20(9,10)14-13-19(7,8)16(15-24)22-29(25,26)18(4,5)6/h16,22-24H,13-15H2,1-12H3/t16-/m1/s1. The monoisotopic (exact) mass is 470 g/mol. The number of nitrogens with one attached hydrogen (secondary N) is 2. The van der Waals surface area contributed by atoms with Crippen LogP contribution in [0.3, 0.4) is 0 Å². The van der Waals surface area contributed by atoms with Gasteiger partial charge in [-0.25, -0.2) is 26.3 Å². The van der Waals surface area contributed by atoms with E-state index in [1.165, 1.54) is 0 Å². The van der Waals surface area contributed by atoms with Crippen molar-refractivity contribution in [3.63, 3.8) is 0 Å². The van der Waals surface area contributed by atoms with Gasteiger partial charge in [0.1, 0.15) is 0 Å². The van der Waals surface area contributed by atoms with Crippen LogP contribution >= 0.6 is 0 Å². The Morgan fingerprint density at radius 1 is 0.733 bits per heavy atom. The fourth-order valence-electron chi connectivity index (χ4n) is 2.37. The summed E-state index contributed by atoms with van der Waals surface area (Å²) in [5.74, 6) is 0. The fraction of sp³-hybridized carbons (Fsp3) is 1.00. The molecule has 0 unspecified atom stereocenters. The first-order valence-electron chi connectivity index (χ1n) is 10.5. The summed E-state index contributed by atoms with van der Waals surface area (Å²) < 4.78 is 54.8. The molecule has 0 aromatic carbocycles. The Morgan fingerprint density at radius 3 is 1.50 bits per heavy atom. The minimum atomic E-state index is -3.67. The summed E-state index contributed by atoms with van der Waals surface area (Å²) >= 11 is 0. The molecular weight excluding hydrogens is 424 g/mol. The minimum Gasteiger partial charge on any atom is -0.395 e. The molecule has 0 aliphatic carbocycles. The molecule has 0 saturated carbocycles. The average Bonchev–Trinajstić information content (AvgIpc) is 2.47. The van der Waals surface area contributed by atoms with Crippen molar-refractivity contribution >= 4 is 20.0 Å².